The van der Waals surface area contributed by atoms with Crippen molar-refractivity contribution in [2.75, 3.05) is 7.11 Å². The van der Waals surface area contributed by atoms with Crippen LogP contribution >= 0.6 is 15.9 Å². The Morgan fingerprint density at radius 3 is 2.69 bits per heavy atom. The molecule has 0 radical (unpaired) electrons. The molecule has 29 heavy (non-hydrogen) atoms. The lowest BCUT2D eigenvalue weighted by Gasteiger charge is -2.10. The van der Waals surface area contributed by atoms with Crippen LogP contribution in [0.3, 0.4) is 0 Å². The maximum absolute atomic E-state index is 12.3. The van der Waals surface area contributed by atoms with E-state index in [-0.39, 0.29) is 11.4 Å². The smallest absolute Gasteiger partial charge is 0.343 e. The second-order valence-corrected chi connectivity index (χ2v) is 6.86. The number of aromatic nitrogens is 2. The van der Waals surface area contributed by atoms with Crippen molar-refractivity contribution in [1.82, 2.24) is 15.6 Å². The third-order valence-electron chi connectivity index (χ3n) is 3.77. The summed E-state index contributed by atoms with van der Waals surface area (Å²) in [5, 5.41) is 10.4. The van der Waals surface area contributed by atoms with Crippen molar-refractivity contribution >= 4 is 34.0 Å². The number of ether oxygens (including phenoxy) is 2. The first-order chi connectivity index (χ1) is 14.0. The SMILES string of the molecule is COc1cc(C=NNC(=O)c2cc(C)[nH]n2)ccc1OC(=O)c1cccc(Br)c1. The Hall–Kier alpha value is -3.46. The van der Waals surface area contributed by atoms with Crippen LogP contribution < -0.4 is 14.9 Å². The zero-order chi connectivity index (χ0) is 20.8. The number of carbonyl (C=O) groups excluding carboxylic acids is 2. The third kappa shape index (κ3) is 5.29. The average molecular weight is 457 g/mol. The Balaban J connectivity index is 1.68. The van der Waals surface area contributed by atoms with E-state index < -0.39 is 11.9 Å². The molecular weight excluding hydrogens is 440 g/mol. The van der Waals surface area contributed by atoms with Gasteiger partial charge in [-0.3, -0.25) is 9.89 Å². The first kappa shape index (κ1) is 20.3. The van der Waals surface area contributed by atoms with Crippen molar-refractivity contribution in [3.8, 4) is 11.5 Å². The van der Waals surface area contributed by atoms with Gasteiger partial charge in [0, 0.05) is 10.2 Å². The highest BCUT2D eigenvalue weighted by molar-refractivity contribution is 9.10. The molecule has 0 unspecified atom stereocenters. The van der Waals surface area contributed by atoms with E-state index in [1.54, 1.807) is 49.4 Å². The number of hydrogen-bond donors (Lipinski definition) is 2. The average Bonchev–Trinajstić information content (AvgIpc) is 3.15. The number of amides is 1. The maximum atomic E-state index is 12.3. The number of rotatable bonds is 6. The molecule has 0 saturated carbocycles. The number of hydrogen-bond acceptors (Lipinski definition) is 6. The molecule has 0 fully saturated rings. The highest BCUT2D eigenvalue weighted by Crippen LogP contribution is 2.28. The molecule has 3 aromatic rings. The van der Waals surface area contributed by atoms with Crippen LogP contribution in [0, 0.1) is 6.92 Å². The highest BCUT2D eigenvalue weighted by Gasteiger charge is 2.13. The molecule has 3 rings (SSSR count). The molecule has 2 N–H and O–H groups in total. The molecule has 0 spiro atoms. The normalized spacial score (nSPS) is 10.7. The van der Waals surface area contributed by atoms with Crippen molar-refractivity contribution in [3.05, 3.63) is 75.5 Å². The molecule has 8 nitrogen and oxygen atoms in total. The number of aryl methyl sites for hydroxylation is 1. The van der Waals surface area contributed by atoms with Crippen LogP contribution in [-0.4, -0.2) is 35.4 Å². The van der Waals surface area contributed by atoms with Gasteiger partial charge < -0.3 is 9.47 Å². The molecule has 0 aliphatic heterocycles. The summed E-state index contributed by atoms with van der Waals surface area (Å²) in [4.78, 5) is 24.2. The highest BCUT2D eigenvalue weighted by atomic mass is 79.9. The molecule has 9 heteroatoms. The van der Waals surface area contributed by atoms with E-state index >= 15 is 0 Å². The van der Waals surface area contributed by atoms with Gasteiger partial charge in [0.15, 0.2) is 17.2 Å². The summed E-state index contributed by atoms with van der Waals surface area (Å²) in [6, 6.07) is 13.4. The largest absolute Gasteiger partial charge is 0.493 e. The fourth-order valence-corrected chi connectivity index (χ4v) is 2.78. The van der Waals surface area contributed by atoms with Gasteiger partial charge in [0.1, 0.15) is 0 Å². The van der Waals surface area contributed by atoms with E-state index in [0.29, 0.717) is 16.9 Å². The van der Waals surface area contributed by atoms with Crippen LogP contribution in [0.2, 0.25) is 0 Å². The van der Waals surface area contributed by atoms with Gasteiger partial charge in [0.05, 0.1) is 18.9 Å². The van der Waals surface area contributed by atoms with Crippen molar-refractivity contribution in [1.29, 1.82) is 0 Å². The van der Waals surface area contributed by atoms with Gasteiger partial charge in [-0.1, -0.05) is 22.0 Å². The minimum atomic E-state index is -0.507. The number of H-pyrrole nitrogens is 1. The number of aromatic amines is 1. The number of nitrogens with one attached hydrogen (secondary N) is 2. The van der Waals surface area contributed by atoms with Crippen molar-refractivity contribution in [2.45, 2.75) is 6.92 Å². The quantitative estimate of drug-likeness (QED) is 0.255. The molecule has 0 bridgehead atoms. The Labute approximate surface area is 175 Å². The predicted molar refractivity (Wildman–Crippen MR) is 110 cm³/mol. The minimum Gasteiger partial charge on any atom is -0.493 e. The lowest BCUT2D eigenvalue weighted by molar-refractivity contribution is 0.0729. The second-order valence-electron chi connectivity index (χ2n) is 5.95. The molecule has 0 saturated heterocycles. The summed E-state index contributed by atoms with van der Waals surface area (Å²) >= 11 is 3.32. The summed E-state index contributed by atoms with van der Waals surface area (Å²) in [5.41, 5.74) is 4.45. The van der Waals surface area contributed by atoms with E-state index in [4.69, 9.17) is 9.47 Å². The number of benzene rings is 2. The number of hydrazone groups is 1. The molecule has 1 amide bonds. The van der Waals surface area contributed by atoms with E-state index in [2.05, 4.69) is 36.7 Å². The molecule has 1 aromatic heterocycles. The summed E-state index contributed by atoms with van der Waals surface area (Å²) in [5.74, 6) is -0.318. The first-order valence-corrected chi connectivity index (χ1v) is 9.27. The van der Waals surface area contributed by atoms with Crippen molar-refractivity contribution in [2.24, 2.45) is 5.10 Å². The Bertz CT molecular complexity index is 1080. The van der Waals surface area contributed by atoms with Crippen molar-refractivity contribution < 1.29 is 19.1 Å². The summed E-state index contributed by atoms with van der Waals surface area (Å²) < 4.78 is 11.5. The van der Waals surface area contributed by atoms with E-state index in [9.17, 15) is 9.59 Å². The van der Waals surface area contributed by atoms with Crippen LogP contribution in [0.1, 0.15) is 32.1 Å². The van der Waals surface area contributed by atoms with Crippen LogP contribution in [0.15, 0.2) is 58.1 Å². The van der Waals surface area contributed by atoms with Crippen LogP contribution in [0.4, 0.5) is 0 Å². The number of esters is 1. The fraction of sp³-hybridized carbons (Fsp3) is 0.100. The maximum Gasteiger partial charge on any atom is 0.343 e. The van der Waals surface area contributed by atoms with Crippen LogP contribution in [0.25, 0.3) is 0 Å². The molecule has 148 valence electrons. The topological polar surface area (TPSA) is 106 Å². The van der Waals surface area contributed by atoms with E-state index in [1.807, 2.05) is 6.07 Å². The van der Waals surface area contributed by atoms with Gasteiger partial charge in [0.25, 0.3) is 5.91 Å². The minimum absolute atomic E-state index is 0.243. The number of methoxy groups -OCH3 is 1. The van der Waals surface area contributed by atoms with Gasteiger partial charge in [-0.15, -0.1) is 0 Å². The molecule has 1 heterocycles. The molecule has 2 aromatic carbocycles. The van der Waals surface area contributed by atoms with Gasteiger partial charge in [-0.25, -0.2) is 10.2 Å². The summed E-state index contributed by atoms with van der Waals surface area (Å²) in [6.07, 6.45) is 1.44. The molecule has 0 atom stereocenters. The lowest BCUT2D eigenvalue weighted by atomic mass is 10.2. The standard InChI is InChI=1S/C20H17BrN4O4/c1-12-8-16(24-23-12)19(26)25-22-11-13-6-7-17(18(9-13)28-2)29-20(27)14-4-3-5-15(21)10-14/h3-11H,1-2H3,(H,23,24)(H,25,26). The number of halogens is 1. The molecule has 0 aliphatic rings. The van der Waals surface area contributed by atoms with Gasteiger partial charge in [-0.05, 0) is 55.0 Å². The predicted octanol–water partition coefficient (Wildman–Crippen LogP) is 3.47. The van der Waals surface area contributed by atoms with E-state index in [1.165, 1.54) is 13.3 Å². The Morgan fingerprint density at radius 1 is 1.17 bits per heavy atom. The number of carbonyl (C=O) groups is 2. The molecular formula is C20H17BrN4O4. The zero-order valence-electron chi connectivity index (χ0n) is 15.6. The lowest BCUT2D eigenvalue weighted by Crippen LogP contribution is -2.18. The van der Waals surface area contributed by atoms with Gasteiger partial charge in [-0.2, -0.15) is 10.2 Å². The summed E-state index contributed by atoms with van der Waals surface area (Å²) in [6.45, 7) is 1.80. The van der Waals surface area contributed by atoms with Gasteiger partial charge >= 0.3 is 5.97 Å². The second kappa shape index (κ2) is 9.16. The number of nitrogens with zero attached hydrogens (tertiary/aromatic N) is 2. The zero-order valence-corrected chi connectivity index (χ0v) is 17.2. The fourth-order valence-electron chi connectivity index (χ4n) is 2.38. The Kier molecular flexibility index (Phi) is 6.40. The van der Waals surface area contributed by atoms with Crippen LogP contribution in [0.5, 0.6) is 11.5 Å². The first-order valence-electron chi connectivity index (χ1n) is 8.47. The van der Waals surface area contributed by atoms with Crippen LogP contribution in [-0.2, 0) is 0 Å². The van der Waals surface area contributed by atoms with Gasteiger partial charge in [0.2, 0.25) is 0 Å². The van der Waals surface area contributed by atoms with E-state index in [0.717, 1.165) is 10.2 Å². The molecule has 0 aliphatic carbocycles. The van der Waals surface area contributed by atoms with Crippen molar-refractivity contribution in [3.63, 3.8) is 0 Å². The monoisotopic (exact) mass is 456 g/mol. The summed E-state index contributed by atoms with van der Waals surface area (Å²) in [7, 11) is 1.47. The Morgan fingerprint density at radius 2 is 2.00 bits per heavy atom. The third-order valence-corrected chi connectivity index (χ3v) is 4.26.